The average Bonchev–Trinajstić information content (AvgIpc) is 2.25. The lowest BCUT2D eigenvalue weighted by atomic mass is 10.2. The van der Waals surface area contributed by atoms with E-state index in [2.05, 4.69) is 0 Å². The highest BCUT2D eigenvalue weighted by Gasteiger charge is 2.30. The van der Waals surface area contributed by atoms with E-state index in [1.165, 1.54) is 0 Å². The van der Waals surface area contributed by atoms with E-state index in [4.69, 9.17) is 9.84 Å². The minimum absolute atomic E-state index is 0.132. The largest absolute Gasteiger partial charge is 0.491 e. The fourth-order valence-electron chi connectivity index (χ4n) is 1.19. The maximum atomic E-state index is 12.2. The van der Waals surface area contributed by atoms with Crippen LogP contribution >= 0.6 is 0 Å². The van der Waals surface area contributed by atoms with Crippen LogP contribution in [0.4, 0.5) is 13.2 Å². The molecule has 1 rings (SSSR count). The maximum Gasteiger partial charge on any atom is 0.416 e. The summed E-state index contributed by atoms with van der Waals surface area (Å²) in [5.41, 5.74) is -0.805. The molecule has 0 spiro atoms. The first-order chi connectivity index (χ1) is 8.29. The monoisotopic (exact) mass is 264 g/mol. The molecule has 1 unspecified atom stereocenters. The lowest BCUT2D eigenvalue weighted by Gasteiger charge is -2.11. The van der Waals surface area contributed by atoms with Crippen molar-refractivity contribution in [2.75, 3.05) is 6.61 Å². The number of aliphatic hydroxyl groups is 1. The first-order valence-electron chi connectivity index (χ1n) is 4.99. The Morgan fingerprint density at radius 3 is 2.28 bits per heavy atom. The molecule has 0 saturated heterocycles. The number of carboxylic acids is 1. The van der Waals surface area contributed by atoms with Gasteiger partial charge in [-0.05, 0) is 24.3 Å². The number of carbonyl (C=O) groups is 1. The SMILES string of the molecule is O=C(O)CC(O)COc1ccc(C(F)(F)F)cc1. The number of benzene rings is 1. The number of rotatable bonds is 5. The predicted octanol–water partition coefficient (Wildman–Crippen LogP) is 1.92. The number of carboxylic acid groups (broad SMARTS) is 1. The fraction of sp³-hybridized carbons (Fsp3) is 0.364. The van der Waals surface area contributed by atoms with Crippen molar-refractivity contribution in [3.63, 3.8) is 0 Å². The van der Waals surface area contributed by atoms with Gasteiger partial charge in [-0.15, -0.1) is 0 Å². The molecule has 7 heteroatoms. The average molecular weight is 264 g/mol. The molecular formula is C11H11F3O4. The number of alkyl halides is 3. The van der Waals surface area contributed by atoms with Gasteiger partial charge in [0.2, 0.25) is 0 Å². The summed E-state index contributed by atoms with van der Waals surface area (Å²) in [5, 5.41) is 17.5. The first-order valence-corrected chi connectivity index (χ1v) is 4.99. The molecule has 0 aliphatic rings. The summed E-state index contributed by atoms with van der Waals surface area (Å²) in [6.45, 7) is -0.294. The smallest absolute Gasteiger partial charge is 0.416 e. The van der Waals surface area contributed by atoms with Crippen LogP contribution < -0.4 is 4.74 Å². The van der Waals surface area contributed by atoms with Crippen molar-refractivity contribution in [3.05, 3.63) is 29.8 Å². The molecule has 0 amide bonds. The lowest BCUT2D eigenvalue weighted by Crippen LogP contribution is -2.21. The molecule has 1 atom stereocenters. The predicted molar refractivity (Wildman–Crippen MR) is 55.2 cm³/mol. The molecule has 18 heavy (non-hydrogen) atoms. The van der Waals surface area contributed by atoms with Gasteiger partial charge in [-0.25, -0.2) is 0 Å². The van der Waals surface area contributed by atoms with E-state index in [1.807, 2.05) is 0 Å². The maximum absolute atomic E-state index is 12.2. The highest BCUT2D eigenvalue weighted by atomic mass is 19.4. The lowest BCUT2D eigenvalue weighted by molar-refractivity contribution is -0.140. The highest BCUT2D eigenvalue weighted by Crippen LogP contribution is 2.30. The Morgan fingerprint density at radius 1 is 1.28 bits per heavy atom. The van der Waals surface area contributed by atoms with Crippen LogP contribution in [0.1, 0.15) is 12.0 Å². The Labute approximate surface area is 101 Å². The first kappa shape index (κ1) is 14.3. The van der Waals surface area contributed by atoms with Gasteiger partial charge in [0.25, 0.3) is 0 Å². The van der Waals surface area contributed by atoms with Crippen LogP contribution in [0.3, 0.4) is 0 Å². The molecule has 100 valence electrons. The summed E-state index contributed by atoms with van der Waals surface area (Å²) >= 11 is 0. The molecule has 2 N–H and O–H groups in total. The molecule has 4 nitrogen and oxygen atoms in total. The van der Waals surface area contributed by atoms with E-state index in [0.29, 0.717) is 0 Å². The van der Waals surface area contributed by atoms with Gasteiger partial charge in [0.1, 0.15) is 12.4 Å². The molecular weight excluding hydrogens is 253 g/mol. The Morgan fingerprint density at radius 2 is 1.83 bits per heavy atom. The Bertz CT molecular complexity index is 400. The van der Waals surface area contributed by atoms with Crippen LogP contribution in [0, 0.1) is 0 Å². The van der Waals surface area contributed by atoms with Crippen LogP contribution in [0.25, 0.3) is 0 Å². The quantitative estimate of drug-likeness (QED) is 0.852. The van der Waals surface area contributed by atoms with E-state index < -0.39 is 30.2 Å². The summed E-state index contributed by atoms with van der Waals surface area (Å²) in [6, 6.07) is 3.91. The fourth-order valence-corrected chi connectivity index (χ4v) is 1.19. The molecule has 0 bridgehead atoms. The van der Waals surface area contributed by atoms with Crippen molar-refractivity contribution in [1.29, 1.82) is 0 Å². The second-order valence-corrected chi connectivity index (χ2v) is 3.58. The topological polar surface area (TPSA) is 66.8 Å². The molecule has 0 aromatic heterocycles. The van der Waals surface area contributed by atoms with Gasteiger partial charge >= 0.3 is 12.1 Å². The molecule has 0 radical (unpaired) electrons. The van der Waals surface area contributed by atoms with Crippen molar-refractivity contribution in [2.24, 2.45) is 0 Å². The van der Waals surface area contributed by atoms with Gasteiger partial charge in [0, 0.05) is 0 Å². The van der Waals surface area contributed by atoms with Crippen LogP contribution in [0.5, 0.6) is 5.75 Å². The summed E-state index contributed by atoms with van der Waals surface area (Å²) in [7, 11) is 0. The number of hydrogen-bond donors (Lipinski definition) is 2. The standard InChI is InChI=1S/C11H11F3O4/c12-11(13,14)7-1-3-9(4-2-7)18-6-8(15)5-10(16)17/h1-4,8,15H,5-6H2,(H,16,17). The number of hydrogen-bond acceptors (Lipinski definition) is 3. The normalized spacial score (nSPS) is 13.1. The molecule has 1 aromatic carbocycles. The van der Waals surface area contributed by atoms with Crippen molar-refractivity contribution < 1.29 is 32.9 Å². The molecule has 0 saturated carbocycles. The molecule has 0 aliphatic heterocycles. The van der Waals surface area contributed by atoms with Gasteiger partial charge in [-0.1, -0.05) is 0 Å². The van der Waals surface area contributed by atoms with Gasteiger partial charge in [-0.3, -0.25) is 4.79 Å². The summed E-state index contributed by atoms with van der Waals surface area (Å²) in [6.07, 6.45) is -6.10. The van der Waals surface area contributed by atoms with Crippen molar-refractivity contribution >= 4 is 5.97 Å². The van der Waals surface area contributed by atoms with Crippen molar-refractivity contribution in [3.8, 4) is 5.75 Å². The van der Waals surface area contributed by atoms with Crippen LogP contribution in [0.15, 0.2) is 24.3 Å². The van der Waals surface area contributed by atoms with Crippen LogP contribution in [-0.4, -0.2) is 28.9 Å². The second kappa shape index (κ2) is 5.72. The third-order valence-electron chi connectivity index (χ3n) is 2.03. The van der Waals surface area contributed by atoms with E-state index in [-0.39, 0.29) is 12.4 Å². The molecule has 1 aromatic rings. The third-order valence-corrected chi connectivity index (χ3v) is 2.03. The number of ether oxygens (including phenoxy) is 1. The second-order valence-electron chi connectivity index (χ2n) is 3.58. The van der Waals surface area contributed by atoms with Gasteiger partial charge in [0.05, 0.1) is 18.1 Å². The Hall–Kier alpha value is -1.76. The molecule has 0 fully saturated rings. The summed E-state index contributed by atoms with van der Waals surface area (Å²) in [5.74, 6) is -1.05. The zero-order valence-electron chi connectivity index (χ0n) is 9.15. The van der Waals surface area contributed by atoms with Gasteiger partial charge in [0.15, 0.2) is 0 Å². The van der Waals surface area contributed by atoms with Crippen molar-refractivity contribution in [1.82, 2.24) is 0 Å². The van der Waals surface area contributed by atoms with Crippen molar-refractivity contribution in [2.45, 2.75) is 18.7 Å². The minimum atomic E-state index is -4.42. The Kier molecular flexibility index (Phi) is 4.55. The number of halogens is 3. The van der Waals surface area contributed by atoms with Gasteiger partial charge in [-0.2, -0.15) is 13.2 Å². The van der Waals surface area contributed by atoms with Crippen LogP contribution in [0.2, 0.25) is 0 Å². The van der Waals surface area contributed by atoms with E-state index in [0.717, 1.165) is 24.3 Å². The molecule has 0 heterocycles. The zero-order valence-corrected chi connectivity index (χ0v) is 9.15. The highest BCUT2D eigenvalue weighted by molar-refractivity contribution is 5.67. The summed E-state index contributed by atoms with van der Waals surface area (Å²) in [4.78, 5) is 10.2. The third kappa shape index (κ3) is 4.62. The number of aliphatic carboxylic acids is 1. The summed E-state index contributed by atoms with van der Waals surface area (Å²) < 4.78 is 41.6. The Balaban J connectivity index is 2.52. The molecule has 0 aliphatic carbocycles. The van der Waals surface area contributed by atoms with Crippen LogP contribution in [-0.2, 0) is 11.0 Å². The number of aliphatic hydroxyl groups excluding tert-OH is 1. The van der Waals surface area contributed by atoms with E-state index in [9.17, 15) is 23.1 Å². The van der Waals surface area contributed by atoms with E-state index >= 15 is 0 Å². The zero-order chi connectivity index (χ0) is 13.8. The van der Waals surface area contributed by atoms with E-state index in [1.54, 1.807) is 0 Å². The minimum Gasteiger partial charge on any atom is -0.491 e. The van der Waals surface area contributed by atoms with Gasteiger partial charge < -0.3 is 14.9 Å².